The number of aldehydes is 1. The van der Waals surface area contributed by atoms with E-state index in [1.54, 1.807) is 0 Å². The van der Waals surface area contributed by atoms with Crippen molar-refractivity contribution in [3.05, 3.63) is 101 Å². The highest BCUT2D eigenvalue weighted by molar-refractivity contribution is 5.58. The second-order valence-electron chi connectivity index (χ2n) is 10.4. The molecule has 0 aliphatic rings. The van der Waals surface area contributed by atoms with Gasteiger partial charge in [0.1, 0.15) is 18.6 Å². The number of hydrogen-bond donors (Lipinski definition) is 1. The first-order valence-electron chi connectivity index (χ1n) is 14.1. The zero-order valence-corrected chi connectivity index (χ0v) is 22.7. The molecule has 37 heavy (non-hydrogen) atoms. The largest absolute Gasteiger partial charge is 0.489 e. The van der Waals surface area contributed by atoms with E-state index >= 15 is 0 Å². The van der Waals surface area contributed by atoms with E-state index in [-0.39, 0.29) is 6.42 Å². The van der Waals surface area contributed by atoms with E-state index in [9.17, 15) is 9.90 Å². The molecule has 2 atom stereocenters. The normalized spacial score (nSPS) is 12.7. The van der Waals surface area contributed by atoms with Gasteiger partial charge in [0, 0.05) is 12.0 Å². The third kappa shape index (κ3) is 10.2. The predicted octanol–water partition coefficient (Wildman–Crippen LogP) is 8.21. The quantitative estimate of drug-likeness (QED) is 0.150. The van der Waals surface area contributed by atoms with Gasteiger partial charge in [0.05, 0.1) is 6.10 Å². The minimum atomic E-state index is -0.531. The minimum Gasteiger partial charge on any atom is -0.489 e. The molecule has 0 spiro atoms. The molecule has 0 heterocycles. The Morgan fingerprint density at radius 2 is 1.51 bits per heavy atom. The van der Waals surface area contributed by atoms with E-state index in [1.165, 1.54) is 43.2 Å². The highest BCUT2D eigenvalue weighted by atomic mass is 16.5. The molecule has 0 amide bonds. The molecular weight excluding hydrogens is 456 g/mol. The van der Waals surface area contributed by atoms with Gasteiger partial charge in [0.25, 0.3) is 0 Å². The zero-order valence-electron chi connectivity index (χ0n) is 22.7. The summed E-state index contributed by atoms with van der Waals surface area (Å²) in [4.78, 5) is 11.3. The van der Waals surface area contributed by atoms with Crippen molar-refractivity contribution in [1.29, 1.82) is 0 Å². The fourth-order valence-corrected chi connectivity index (χ4v) is 4.79. The molecule has 1 unspecified atom stereocenters. The highest BCUT2D eigenvalue weighted by Crippen LogP contribution is 2.28. The van der Waals surface area contributed by atoms with Crippen molar-refractivity contribution < 1.29 is 14.6 Å². The van der Waals surface area contributed by atoms with E-state index in [1.807, 2.05) is 48.5 Å². The third-order valence-electron chi connectivity index (χ3n) is 7.20. The first-order valence-corrected chi connectivity index (χ1v) is 14.1. The van der Waals surface area contributed by atoms with Crippen molar-refractivity contribution >= 4 is 6.29 Å². The minimum absolute atomic E-state index is 0.279. The highest BCUT2D eigenvalue weighted by Gasteiger charge is 2.14. The first-order chi connectivity index (χ1) is 18.1. The fraction of sp³-hybridized carbons (Fsp3) is 0.441. The Morgan fingerprint density at radius 3 is 2.19 bits per heavy atom. The maximum atomic E-state index is 11.3. The van der Waals surface area contributed by atoms with Gasteiger partial charge in [0.15, 0.2) is 0 Å². The van der Waals surface area contributed by atoms with Gasteiger partial charge in [0.2, 0.25) is 0 Å². The van der Waals surface area contributed by atoms with Crippen molar-refractivity contribution in [3.8, 4) is 5.75 Å². The van der Waals surface area contributed by atoms with Crippen LogP contribution in [0.4, 0.5) is 0 Å². The van der Waals surface area contributed by atoms with Crippen LogP contribution in [0.5, 0.6) is 5.75 Å². The molecule has 0 radical (unpaired) electrons. The molecule has 0 saturated heterocycles. The molecule has 3 nitrogen and oxygen atoms in total. The van der Waals surface area contributed by atoms with Crippen molar-refractivity contribution in [2.75, 3.05) is 0 Å². The van der Waals surface area contributed by atoms with Crippen LogP contribution in [0, 0.1) is 5.92 Å². The predicted molar refractivity (Wildman–Crippen MR) is 153 cm³/mol. The van der Waals surface area contributed by atoms with Crippen LogP contribution in [0.2, 0.25) is 0 Å². The molecule has 0 saturated carbocycles. The summed E-state index contributed by atoms with van der Waals surface area (Å²) in [6, 6.07) is 24.9. The summed E-state index contributed by atoms with van der Waals surface area (Å²) < 4.78 is 5.98. The lowest BCUT2D eigenvalue weighted by atomic mass is 9.93. The van der Waals surface area contributed by atoms with Crippen LogP contribution in [0.15, 0.2) is 72.8 Å². The number of ether oxygens (including phenoxy) is 1. The monoisotopic (exact) mass is 500 g/mol. The van der Waals surface area contributed by atoms with E-state index in [4.69, 9.17) is 4.74 Å². The van der Waals surface area contributed by atoms with Gasteiger partial charge in [-0.3, -0.25) is 0 Å². The van der Waals surface area contributed by atoms with Gasteiger partial charge >= 0.3 is 0 Å². The topological polar surface area (TPSA) is 46.5 Å². The molecule has 3 rings (SSSR count). The number of unbranched alkanes of at least 4 members (excludes halogenated alkanes) is 2. The number of carbonyl (C=O) groups is 1. The molecule has 0 aliphatic heterocycles. The summed E-state index contributed by atoms with van der Waals surface area (Å²) in [7, 11) is 0. The van der Waals surface area contributed by atoms with Gasteiger partial charge in [-0.15, -0.1) is 0 Å². The Kier molecular flexibility index (Phi) is 12.4. The molecular formula is C34H44O3. The standard InChI is InChI=1S/C34H44O3/c1-3-4-6-11-28-16-18-29(19-17-28)14-9-10-27(2)15-21-33(36)31-20-22-34(32(25-31)23-24-35)37-26-30-12-7-5-8-13-30/h5,7-8,12-13,16-20,22,24-25,27,33,36H,3-4,6,9-11,14-15,21,23,26H2,1-2H3/t27?,33-/m0/s1. The van der Waals surface area contributed by atoms with Gasteiger partial charge in [-0.2, -0.15) is 0 Å². The molecule has 0 bridgehead atoms. The van der Waals surface area contributed by atoms with E-state index in [2.05, 4.69) is 38.1 Å². The average molecular weight is 501 g/mol. The lowest BCUT2D eigenvalue weighted by Crippen LogP contribution is -2.05. The number of hydrogen-bond acceptors (Lipinski definition) is 3. The average Bonchev–Trinajstić information content (AvgIpc) is 2.93. The van der Waals surface area contributed by atoms with Crippen LogP contribution >= 0.6 is 0 Å². The summed E-state index contributed by atoms with van der Waals surface area (Å²) in [5, 5.41) is 10.8. The summed E-state index contributed by atoms with van der Waals surface area (Å²) in [6.07, 6.45) is 10.8. The molecule has 0 aromatic heterocycles. The fourth-order valence-electron chi connectivity index (χ4n) is 4.79. The molecule has 0 aliphatic carbocycles. The molecule has 198 valence electrons. The SMILES string of the molecule is CCCCCc1ccc(CCCC(C)CC[C@H](O)c2ccc(OCc3ccccc3)c(CC=O)c2)cc1. The maximum absolute atomic E-state index is 11.3. The number of rotatable bonds is 17. The van der Waals surface area contributed by atoms with Gasteiger partial charge < -0.3 is 14.6 Å². The zero-order chi connectivity index (χ0) is 26.3. The lowest BCUT2D eigenvalue weighted by Gasteiger charge is -2.17. The van der Waals surface area contributed by atoms with Crippen molar-refractivity contribution in [1.82, 2.24) is 0 Å². The van der Waals surface area contributed by atoms with Gasteiger partial charge in [-0.25, -0.2) is 0 Å². The summed E-state index contributed by atoms with van der Waals surface area (Å²) >= 11 is 0. The van der Waals surface area contributed by atoms with Crippen molar-refractivity contribution in [2.24, 2.45) is 5.92 Å². The molecule has 0 fully saturated rings. The van der Waals surface area contributed by atoms with Crippen LogP contribution in [-0.4, -0.2) is 11.4 Å². The Hall–Kier alpha value is -2.91. The third-order valence-corrected chi connectivity index (χ3v) is 7.20. The number of aliphatic hydroxyl groups excluding tert-OH is 1. The first kappa shape index (κ1) is 28.7. The van der Waals surface area contributed by atoms with Crippen LogP contribution in [0.1, 0.15) is 92.7 Å². The Bertz CT molecular complexity index is 1040. The van der Waals surface area contributed by atoms with Gasteiger partial charge in [-0.1, -0.05) is 93.8 Å². The molecule has 3 heteroatoms. The van der Waals surface area contributed by atoms with E-state index in [0.717, 1.165) is 48.7 Å². The van der Waals surface area contributed by atoms with E-state index < -0.39 is 6.10 Å². The smallest absolute Gasteiger partial charge is 0.124 e. The van der Waals surface area contributed by atoms with Crippen molar-refractivity contribution in [3.63, 3.8) is 0 Å². The summed E-state index contributed by atoms with van der Waals surface area (Å²) in [6.45, 7) is 4.98. The molecule has 3 aromatic carbocycles. The van der Waals surface area contributed by atoms with Gasteiger partial charge in [-0.05, 0) is 78.8 Å². The number of aryl methyl sites for hydroxylation is 2. The van der Waals surface area contributed by atoms with E-state index in [0.29, 0.717) is 18.3 Å². The second-order valence-corrected chi connectivity index (χ2v) is 10.4. The Morgan fingerprint density at radius 1 is 0.811 bits per heavy atom. The number of carbonyl (C=O) groups excluding carboxylic acids is 1. The number of benzene rings is 3. The Labute approximate surface area is 223 Å². The van der Waals surface area contributed by atoms with Crippen LogP contribution in [0.3, 0.4) is 0 Å². The summed E-state index contributed by atoms with van der Waals surface area (Å²) in [5.74, 6) is 1.26. The van der Waals surface area contributed by atoms with Crippen LogP contribution in [-0.2, 0) is 30.7 Å². The van der Waals surface area contributed by atoms with Crippen LogP contribution < -0.4 is 4.74 Å². The second kappa shape index (κ2) is 16.0. The lowest BCUT2D eigenvalue weighted by molar-refractivity contribution is -0.107. The Balaban J connectivity index is 1.42. The molecule has 1 N–H and O–H groups in total. The maximum Gasteiger partial charge on any atom is 0.124 e. The summed E-state index contributed by atoms with van der Waals surface area (Å²) in [5.41, 5.74) is 5.63. The van der Waals surface area contributed by atoms with Crippen molar-refractivity contribution in [2.45, 2.75) is 90.8 Å². The number of aliphatic hydroxyl groups is 1. The molecule has 3 aromatic rings. The van der Waals surface area contributed by atoms with Crippen LogP contribution in [0.25, 0.3) is 0 Å².